The summed E-state index contributed by atoms with van der Waals surface area (Å²) >= 11 is 1.38. The van der Waals surface area contributed by atoms with Gasteiger partial charge in [0.25, 0.3) is 5.56 Å². The fourth-order valence-electron chi connectivity index (χ4n) is 5.62. The van der Waals surface area contributed by atoms with Crippen LogP contribution in [-0.4, -0.2) is 32.5 Å². The van der Waals surface area contributed by atoms with Crippen molar-refractivity contribution in [2.45, 2.75) is 18.9 Å². The van der Waals surface area contributed by atoms with Crippen molar-refractivity contribution in [1.29, 1.82) is 0 Å². The Kier molecular flexibility index (Phi) is 7.24. The highest BCUT2D eigenvalue weighted by atomic mass is 32.1. The normalized spacial score (nSPS) is 15.8. The van der Waals surface area contributed by atoms with Crippen LogP contribution in [0.2, 0.25) is 0 Å². The summed E-state index contributed by atoms with van der Waals surface area (Å²) in [5, 5.41) is 0. The molecule has 1 aliphatic heterocycles. The SMILES string of the molecule is C=CCOc1ccc(C=c2sc3n(c2=O)C(c2cccc(OC)c2OC)C2=C(N=3)c3ccccc3CC2)cc1OC. The predicted molar refractivity (Wildman–Crippen MR) is 161 cm³/mol. The van der Waals surface area contributed by atoms with Crippen molar-refractivity contribution < 1.29 is 18.9 Å². The minimum Gasteiger partial charge on any atom is -0.493 e. The van der Waals surface area contributed by atoms with Gasteiger partial charge in [-0.15, -0.1) is 0 Å². The molecular formula is C33H30N2O5S. The molecule has 8 heteroatoms. The van der Waals surface area contributed by atoms with Crippen LogP contribution in [0, 0.1) is 0 Å². The van der Waals surface area contributed by atoms with Gasteiger partial charge < -0.3 is 18.9 Å². The maximum atomic E-state index is 14.2. The molecule has 4 aromatic rings. The summed E-state index contributed by atoms with van der Waals surface area (Å²) in [6, 6.07) is 19.4. The highest BCUT2D eigenvalue weighted by molar-refractivity contribution is 7.07. The Morgan fingerprint density at radius 3 is 2.59 bits per heavy atom. The van der Waals surface area contributed by atoms with Gasteiger partial charge in [-0.25, -0.2) is 4.99 Å². The lowest BCUT2D eigenvalue weighted by Gasteiger charge is -2.31. The van der Waals surface area contributed by atoms with E-state index in [1.165, 1.54) is 16.9 Å². The van der Waals surface area contributed by atoms with Crippen LogP contribution in [0.25, 0.3) is 11.8 Å². The molecule has 41 heavy (non-hydrogen) atoms. The Hall–Kier alpha value is -4.56. The molecule has 1 atom stereocenters. The van der Waals surface area contributed by atoms with Crippen LogP contribution in [0.3, 0.4) is 0 Å². The Morgan fingerprint density at radius 1 is 0.976 bits per heavy atom. The van der Waals surface area contributed by atoms with Gasteiger partial charge in [0.05, 0.1) is 37.6 Å². The molecule has 6 rings (SSSR count). The van der Waals surface area contributed by atoms with Gasteiger partial charge in [-0.3, -0.25) is 9.36 Å². The standard InChI is InChI=1S/C33H30N2O5S/c1-5-17-40-25-16-13-20(18-27(25)38-3)19-28-32(36)35-30(24-11-8-12-26(37-2)31(24)39-4)23-15-14-21-9-6-7-10-22(21)29(23)34-33(35)41-28/h5-13,16,18-19,30H,1,14-15,17H2,2-4H3. The lowest BCUT2D eigenvalue weighted by Crippen LogP contribution is -2.39. The van der Waals surface area contributed by atoms with E-state index in [0.717, 1.165) is 40.8 Å². The molecule has 0 fully saturated rings. The number of fused-ring (bicyclic) bond motifs is 3. The van der Waals surface area contributed by atoms with Crippen LogP contribution in [0.15, 0.2) is 88.7 Å². The lowest BCUT2D eigenvalue weighted by atomic mass is 9.83. The number of hydrogen-bond acceptors (Lipinski definition) is 7. The van der Waals surface area contributed by atoms with E-state index in [0.29, 0.717) is 38.9 Å². The summed E-state index contributed by atoms with van der Waals surface area (Å²) in [5.74, 6) is 2.43. The molecule has 0 saturated heterocycles. The van der Waals surface area contributed by atoms with Crippen molar-refractivity contribution in [2.24, 2.45) is 4.99 Å². The number of allylic oxidation sites excluding steroid dienone is 1. The predicted octanol–water partition coefficient (Wildman–Crippen LogP) is 4.91. The molecule has 2 heterocycles. The fourth-order valence-corrected chi connectivity index (χ4v) is 6.62. The number of nitrogens with zero attached hydrogens (tertiary/aromatic N) is 2. The first-order valence-electron chi connectivity index (χ1n) is 13.3. The largest absolute Gasteiger partial charge is 0.493 e. The van der Waals surface area contributed by atoms with E-state index >= 15 is 0 Å². The van der Waals surface area contributed by atoms with Gasteiger partial charge in [0.15, 0.2) is 27.8 Å². The topological polar surface area (TPSA) is 71.3 Å². The number of thiazole rings is 1. The third-order valence-corrected chi connectivity index (χ3v) is 8.43. The fraction of sp³-hybridized carbons (Fsp3) is 0.212. The van der Waals surface area contributed by atoms with E-state index in [1.807, 2.05) is 48.5 Å². The number of rotatable bonds is 8. The van der Waals surface area contributed by atoms with Crippen molar-refractivity contribution in [1.82, 2.24) is 4.57 Å². The highest BCUT2D eigenvalue weighted by Gasteiger charge is 2.34. The van der Waals surface area contributed by atoms with Crippen LogP contribution >= 0.6 is 11.3 Å². The van der Waals surface area contributed by atoms with Gasteiger partial charge in [0, 0.05) is 11.1 Å². The molecule has 0 radical (unpaired) electrons. The van der Waals surface area contributed by atoms with Gasteiger partial charge in [0.1, 0.15) is 6.61 Å². The second-order valence-electron chi connectivity index (χ2n) is 9.71. The van der Waals surface area contributed by atoms with Gasteiger partial charge in [-0.1, -0.05) is 66.5 Å². The van der Waals surface area contributed by atoms with Crippen LogP contribution in [0.1, 0.15) is 34.7 Å². The van der Waals surface area contributed by atoms with E-state index in [2.05, 4.69) is 24.8 Å². The first-order valence-corrected chi connectivity index (χ1v) is 14.1. The Labute approximate surface area is 241 Å². The van der Waals surface area contributed by atoms with E-state index in [1.54, 1.807) is 32.0 Å². The van der Waals surface area contributed by atoms with E-state index < -0.39 is 0 Å². The lowest BCUT2D eigenvalue weighted by molar-refractivity contribution is 0.326. The number of benzene rings is 3. The molecule has 1 unspecified atom stereocenters. The first kappa shape index (κ1) is 26.7. The maximum absolute atomic E-state index is 14.2. The van der Waals surface area contributed by atoms with E-state index in [9.17, 15) is 4.79 Å². The molecule has 0 N–H and O–H groups in total. The number of hydrogen-bond donors (Lipinski definition) is 0. The average Bonchev–Trinajstić information content (AvgIpc) is 3.32. The van der Waals surface area contributed by atoms with Gasteiger partial charge >= 0.3 is 0 Å². The molecule has 1 aliphatic carbocycles. The van der Waals surface area contributed by atoms with Crippen molar-refractivity contribution in [3.05, 3.63) is 121 Å². The third kappa shape index (κ3) is 4.64. The number of methoxy groups -OCH3 is 3. The zero-order valence-corrected chi connectivity index (χ0v) is 24.0. The van der Waals surface area contributed by atoms with Crippen LogP contribution in [0.4, 0.5) is 0 Å². The molecule has 2 aliphatic rings. The Bertz CT molecular complexity index is 1870. The molecule has 0 amide bonds. The molecular weight excluding hydrogens is 536 g/mol. The number of ether oxygens (including phenoxy) is 4. The van der Waals surface area contributed by atoms with Gasteiger partial charge in [-0.2, -0.15) is 0 Å². The summed E-state index contributed by atoms with van der Waals surface area (Å²) in [6.45, 7) is 4.07. The molecule has 1 aromatic heterocycles. The van der Waals surface area contributed by atoms with E-state index in [-0.39, 0.29) is 11.6 Å². The minimum absolute atomic E-state index is 0.111. The van der Waals surface area contributed by atoms with Crippen molar-refractivity contribution >= 4 is 23.1 Å². The zero-order valence-electron chi connectivity index (χ0n) is 23.2. The molecule has 208 valence electrons. The number of para-hydroxylation sites is 1. The first-order chi connectivity index (χ1) is 20.1. The minimum atomic E-state index is -0.383. The van der Waals surface area contributed by atoms with Crippen molar-refractivity contribution in [3.8, 4) is 23.0 Å². The average molecular weight is 567 g/mol. The second-order valence-corrected chi connectivity index (χ2v) is 10.7. The summed E-state index contributed by atoms with van der Waals surface area (Å²) in [5.41, 5.74) is 5.98. The number of aryl methyl sites for hydroxylation is 1. The maximum Gasteiger partial charge on any atom is 0.271 e. The summed E-state index contributed by atoms with van der Waals surface area (Å²) in [6.07, 6.45) is 5.21. The second kappa shape index (κ2) is 11.1. The molecule has 0 saturated carbocycles. The highest BCUT2D eigenvalue weighted by Crippen LogP contribution is 2.45. The molecule has 0 bridgehead atoms. The smallest absolute Gasteiger partial charge is 0.271 e. The molecule has 7 nitrogen and oxygen atoms in total. The summed E-state index contributed by atoms with van der Waals surface area (Å²) < 4.78 is 25.1. The van der Waals surface area contributed by atoms with E-state index in [4.69, 9.17) is 23.9 Å². The zero-order chi connectivity index (χ0) is 28.5. The quantitative estimate of drug-likeness (QED) is 0.284. The van der Waals surface area contributed by atoms with Gasteiger partial charge in [-0.05, 0) is 53.8 Å². The van der Waals surface area contributed by atoms with Crippen molar-refractivity contribution in [2.75, 3.05) is 27.9 Å². The van der Waals surface area contributed by atoms with Crippen LogP contribution in [-0.2, 0) is 6.42 Å². The molecule has 3 aromatic carbocycles. The van der Waals surface area contributed by atoms with Gasteiger partial charge in [0.2, 0.25) is 0 Å². The monoisotopic (exact) mass is 566 g/mol. The van der Waals surface area contributed by atoms with Crippen LogP contribution in [0.5, 0.6) is 23.0 Å². The summed E-state index contributed by atoms with van der Waals surface area (Å²) in [4.78, 5) is 19.9. The van der Waals surface area contributed by atoms with Crippen molar-refractivity contribution in [3.63, 3.8) is 0 Å². The Balaban J connectivity index is 1.58. The molecule has 0 spiro atoms. The van der Waals surface area contributed by atoms with Crippen LogP contribution < -0.4 is 33.8 Å². The number of aromatic nitrogens is 1. The Morgan fingerprint density at radius 2 is 1.80 bits per heavy atom. The third-order valence-electron chi connectivity index (χ3n) is 7.44. The summed E-state index contributed by atoms with van der Waals surface area (Å²) in [7, 11) is 4.85.